The van der Waals surface area contributed by atoms with E-state index in [1.165, 1.54) is 6.92 Å². The molecule has 132 valence electrons. The second-order valence-corrected chi connectivity index (χ2v) is 7.52. The lowest BCUT2D eigenvalue weighted by Gasteiger charge is -2.19. The van der Waals surface area contributed by atoms with E-state index in [0.717, 1.165) is 10.6 Å². The SMILES string of the molecule is CC(=O)c1cccc(NC(=O)CN(Cc2ccccn2)S(C)(=O)=O)c1. The van der Waals surface area contributed by atoms with E-state index in [0.29, 0.717) is 16.9 Å². The predicted octanol–water partition coefficient (Wildman–Crippen LogP) is 1.68. The Morgan fingerprint density at radius 3 is 2.52 bits per heavy atom. The summed E-state index contributed by atoms with van der Waals surface area (Å²) in [6, 6.07) is 11.6. The molecule has 1 N–H and O–H groups in total. The second kappa shape index (κ2) is 8.00. The van der Waals surface area contributed by atoms with E-state index >= 15 is 0 Å². The van der Waals surface area contributed by atoms with Crippen molar-refractivity contribution in [1.29, 1.82) is 0 Å². The molecule has 0 radical (unpaired) electrons. The second-order valence-electron chi connectivity index (χ2n) is 5.54. The molecule has 2 rings (SSSR count). The van der Waals surface area contributed by atoms with Crippen molar-refractivity contribution in [1.82, 2.24) is 9.29 Å². The summed E-state index contributed by atoms with van der Waals surface area (Å²) in [7, 11) is -3.59. The number of rotatable bonds is 7. The van der Waals surface area contributed by atoms with Crippen LogP contribution in [-0.2, 0) is 21.4 Å². The van der Waals surface area contributed by atoms with E-state index in [2.05, 4.69) is 10.3 Å². The number of sulfonamides is 1. The van der Waals surface area contributed by atoms with Crippen LogP contribution in [0.4, 0.5) is 5.69 Å². The van der Waals surface area contributed by atoms with Crippen molar-refractivity contribution in [2.45, 2.75) is 13.5 Å². The van der Waals surface area contributed by atoms with Crippen molar-refractivity contribution in [3.05, 3.63) is 59.9 Å². The maximum Gasteiger partial charge on any atom is 0.239 e. The van der Waals surface area contributed by atoms with Gasteiger partial charge in [0.1, 0.15) is 0 Å². The summed E-state index contributed by atoms with van der Waals surface area (Å²) in [5.74, 6) is -0.619. The van der Waals surface area contributed by atoms with Crippen LogP contribution in [0.1, 0.15) is 23.0 Å². The first-order valence-electron chi connectivity index (χ1n) is 7.51. The highest BCUT2D eigenvalue weighted by atomic mass is 32.2. The third kappa shape index (κ3) is 5.77. The van der Waals surface area contributed by atoms with Crippen LogP contribution in [0.2, 0.25) is 0 Å². The minimum Gasteiger partial charge on any atom is -0.325 e. The molecule has 1 aromatic carbocycles. The van der Waals surface area contributed by atoms with Gasteiger partial charge >= 0.3 is 0 Å². The third-order valence-electron chi connectivity index (χ3n) is 3.41. The number of benzene rings is 1. The lowest BCUT2D eigenvalue weighted by atomic mass is 10.1. The van der Waals surface area contributed by atoms with Crippen molar-refractivity contribution in [3.63, 3.8) is 0 Å². The Balaban J connectivity index is 2.09. The molecule has 8 heteroatoms. The van der Waals surface area contributed by atoms with Gasteiger partial charge in [-0.3, -0.25) is 14.6 Å². The number of anilines is 1. The third-order valence-corrected chi connectivity index (χ3v) is 4.60. The van der Waals surface area contributed by atoms with Gasteiger partial charge in [0.25, 0.3) is 0 Å². The van der Waals surface area contributed by atoms with E-state index in [9.17, 15) is 18.0 Å². The smallest absolute Gasteiger partial charge is 0.239 e. The molecule has 0 aliphatic carbocycles. The minimum atomic E-state index is -3.59. The van der Waals surface area contributed by atoms with Crippen LogP contribution in [0.25, 0.3) is 0 Å². The Bertz CT molecular complexity index is 866. The lowest BCUT2D eigenvalue weighted by Crippen LogP contribution is -2.37. The van der Waals surface area contributed by atoms with Gasteiger partial charge in [0.2, 0.25) is 15.9 Å². The largest absolute Gasteiger partial charge is 0.325 e. The first-order valence-corrected chi connectivity index (χ1v) is 9.36. The van der Waals surface area contributed by atoms with Gasteiger partial charge in [0.05, 0.1) is 25.0 Å². The molecule has 0 unspecified atom stereocenters. The number of Topliss-reactive ketones (excluding diaryl/α,β-unsaturated/α-hetero) is 1. The zero-order chi connectivity index (χ0) is 18.4. The zero-order valence-corrected chi connectivity index (χ0v) is 14.8. The number of hydrogen-bond donors (Lipinski definition) is 1. The molecule has 1 aromatic heterocycles. The molecule has 0 bridgehead atoms. The maximum atomic E-state index is 12.2. The lowest BCUT2D eigenvalue weighted by molar-refractivity contribution is -0.116. The van der Waals surface area contributed by atoms with Crippen molar-refractivity contribution < 1.29 is 18.0 Å². The van der Waals surface area contributed by atoms with Gasteiger partial charge in [-0.15, -0.1) is 0 Å². The van der Waals surface area contributed by atoms with E-state index in [1.54, 1.807) is 48.7 Å². The highest BCUT2D eigenvalue weighted by Crippen LogP contribution is 2.12. The number of aromatic nitrogens is 1. The molecular formula is C17H19N3O4S. The summed E-state index contributed by atoms with van der Waals surface area (Å²) in [6.45, 7) is 1.08. The molecule has 0 aliphatic heterocycles. The number of amides is 1. The van der Waals surface area contributed by atoms with Crippen molar-refractivity contribution in [3.8, 4) is 0 Å². The topological polar surface area (TPSA) is 96.4 Å². The van der Waals surface area contributed by atoms with E-state index in [4.69, 9.17) is 0 Å². The average Bonchev–Trinajstić information content (AvgIpc) is 2.54. The molecule has 7 nitrogen and oxygen atoms in total. The molecule has 25 heavy (non-hydrogen) atoms. The fraction of sp³-hybridized carbons (Fsp3) is 0.235. The van der Waals surface area contributed by atoms with Gasteiger partial charge in [-0.05, 0) is 31.2 Å². The first-order chi connectivity index (χ1) is 11.8. The van der Waals surface area contributed by atoms with Crippen LogP contribution in [0, 0.1) is 0 Å². The molecule has 0 spiro atoms. The molecule has 0 aliphatic rings. The van der Waals surface area contributed by atoms with Gasteiger partial charge in [-0.1, -0.05) is 18.2 Å². The molecule has 0 saturated carbocycles. The minimum absolute atomic E-state index is 0.000574. The molecule has 1 amide bonds. The van der Waals surface area contributed by atoms with Crippen LogP contribution in [0.3, 0.4) is 0 Å². The summed E-state index contributed by atoms with van der Waals surface area (Å²) < 4.78 is 24.9. The van der Waals surface area contributed by atoms with Crippen LogP contribution in [-0.4, -0.2) is 42.2 Å². The van der Waals surface area contributed by atoms with Crippen molar-refractivity contribution >= 4 is 27.4 Å². The number of nitrogens with zero attached hydrogens (tertiary/aromatic N) is 2. The van der Waals surface area contributed by atoms with E-state index in [1.807, 2.05) is 0 Å². The Kier molecular flexibility index (Phi) is 6.00. The quantitative estimate of drug-likeness (QED) is 0.757. The van der Waals surface area contributed by atoms with Crippen LogP contribution in [0.5, 0.6) is 0 Å². The highest BCUT2D eigenvalue weighted by molar-refractivity contribution is 7.88. The molecule has 0 atom stereocenters. The fourth-order valence-corrected chi connectivity index (χ4v) is 2.86. The maximum absolute atomic E-state index is 12.2. The summed E-state index contributed by atoms with van der Waals surface area (Å²) in [5, 5.41) is 2.61. The number of nitrogens with one attached hydrogen (secondary N) is 1. The van der Waals surface area contributed by atoms with Gasteiger partial charge < -0.3 is 5.32 Å². The highest BCUT2D eigenvalue weighted by Gasteiger charge is 2.21. The Hall–Kier alpha value is -2.58. The first kappa shape index (κ1) is 18.8. The standard InChI is InChI=1S/C17H19N3O4S/c1-13(21)14-6-5-8-15(10-14)19-17(22)12-20(25(2,23)24)11-16-7-3-4-9-18-16/h3-10H,11-12H2,1-2H3,(H,19,22). The molecule has 0 saturated heterocycles. The summed E-state index contributed by atoms with van der Waals surface area (Å²) >= 11 is 0. The van der Waals surface area contributed by atoms with E-state index in [-0.39, 0.29) is 18.9 Å². The van der Waals surface area contributed by atoms with Crippen molar-refractivity contribution in [2.24, 2.45) is 0 Å². The summed E-state index contributed by atoms with van der Waals surface area (Å²) in [4.78, 5) is 27.7. The van der Waals surface area contributed by atoms with Crippen molar-refractivity contribution in [2.75, 3.05) is 18.1 Å². The number of carbonyl (C=O) groups is 2. The van der Waals surface area contributed by atoms with E-state index < -0.39 is 15.9 Å². The number of pyridine rings is 1. The van der Waals surface area contributed by atoms with Crippen LogP contribution >= 0.6 is 0 Å². The monoisotopic (exact) mass is 361 g/mol. The Morgan fingerprint density at radius 2 is 1.92 bits per heavy atom. The number of hydrogen-bond acceptors (Lipinski definition) is 5. The molecule has 1 heterocycles. The normalized spacial score (nSPS) is 11.3. The number of carbonyl (C=O) groups excluding carboxylic acids is 2. The zero-order valence-electron chi connectivity index (χ0n) is 14.0. The van der Waals surface area contributed by atoms with Gasteiger partial charge in [0.15, 0.2) is 5.78 Å². The van der Waals surface area contributed by atoms with Crippen LogP contribution in [0.15, 0.2) is 48.7 Å². The molecular weight excluding hydrogens is 342 g/mol. The van der Waals surface area contributed by atoms with Gasteiger partial charge in [0, 0.05) is 17.4 Å². The van der Waals surface area contributed by atoms with Crippen LogP contribution < -0.4 is 5.32 Å². The predicted molar refractivity (Wildman–Crippen MR) is 94.6 cm³/mol. The summed E-state index contributed by atoms with van der Waals surface area (Å²) in [6.07, 6.45) is 2.60. The fourth-order valence-electron chi connectivity index (χ4n) is 2.14. The molecule has 0 fully saturated rings. The van der Waals surface area contributed by atoms with Gasteiger partial charge in [-0.2, -0.15) is 4.31 Å². The number of ketones is 1. The Morgan fingerprint density at radius 1 is 1.16 bits per heavy atom. The molecule has 2 aromatic rings. The summed E-state index contributed by atoms with van der Waals surface area (Å²) in [5.41, 5.74) is 1.44. The van der Waals surface area contributed by atoms with Gasteiger partial charge in [-0.25, -0.2) is 8.42 Å². The Labute approximate surface area is 146 Å². The average molecular weight is 361 g/mol.